The molecule has 0 fully saturated rings. The highest BCUT2D eigenvalue weighted by Gasteiger charge is 2.11. The molecule has 0 aliphatic rings. The fourth-order valence-electron chi connectivity index (χ4n) is 1.80. The van der Waals surface area contributed by atoms with Gasteiger partial charge in [-0.1, -0.05) is 15.9 Å². The van der Waals surface area contributed by atoms with Crippen molar-refractivity contribution in [3.8, 4) is 11.4 Å². The van der Waals surface area contributed by atoms with E-state index in [1.165, 1.54) is 6.20 Å². The molecule has 0 saturated heterocycles. The smallest absolute Gasteiger partial charge is 0.254 e. The first-order chi connectivity index (χ1) is 8.90. The average Bonchev–Trinajstić information content (AvgIpc) is 2.34. The van der Waals surface area contributed by atoms with Crippen LogP contribution in [0, 0.1) is 13.8 Å². The maximum atomic E-state index is 11.1. The van der Waals surface area contributed by atoms with Crippen LogP contribution in [0.4, 0.5) is 5.82 Å². The summed E-state index contributed by atoms with van der Waals surface area (Å²) >= 11 is 3.50. The van der Waals surface area contributed by atoms with Gasteiger partial charge in [0.05, 0.1) is 5.56 Å². The molecule has 6 heteroatoms. The number of amides is 1. The minimum absolute atomic E-state index is 0.0933. The Morgan fingerprint density at radius 1 is 1.26 bits per heavy atom. The number of aryl methyl sites for hydroxylation is 2. The second kappa shape index (κ2) is 4.97. The number of hydrogen-bond acceptors (Lipinski definition) is 4. The fraction of sp³-hybridized carbons (Fsp3) is 0.154. The number of anilines is 1. The van der Waals surface area contributed by atoms with Gasteiger partial charge in [0.1, 0.15) is 5.82 Å². The molecule has 1 amide bonds. The number of carbonyl (C=O) groups is 1. The van der Waals surface area contributed by atoms with Crippen molar-refractivity contribution in [2.45, 2.75) is 13.8 Å². The second-order valence-electron chi connectivity index (χ2n) is 4.28. The molecule has 4 N–H and O–H groups in total. The van der Waals surface area contributed by atoms with E-state index >= 15 is 0 Å². The van der Waals surface area contributed by atoms with Crippen molar-refractivity contribution in [3.63, 3.8) is 0 Å². The number of nitrogens with zero attached hydrogens (tertiary/aromatic N) is 2. The summed E-state index contributed by atoms with van der Waals surface area (Å²) in [4.78, 5) is 19.3. The molecule has 0 bridgehead atoms. The lowest BCUT2D eigenvalue weighted by Gasteiger charge is -2.08. The van der Waals surface area contributed by atoms with Gasteiger partial charge in [-0.05, 0) is 37.1 Å². The number of nitrogen functional groups attached to an aromatic ring is 1. The molecule has 1 heterocycles. The molecule has 0 radical (unpaired) electrons. The first kappa shape index (κ1) is 13.5. The summed E-state index contributed by atoms with van der Waals surface area (Å²) in [5.41, 5.74) is 14.0. The molecule has 19 heavy (non-hydrogen) atoms. The molecule has 0 aliphatic carbocycles. The largest absolute Gasteiger partial charge is 0.383 e. The summed E-state index contributed by atoms with van der Waals surface area (Å²) in [7, 11) is 0. The summed E-state index contributed by atoms with van der Waals surface area (Å²) in [6.45, 7) is 3.98. The van der Waals surface area contributed by atoms with Crippen LogP contribution in [0.15, 0.2) is 22.8 Å². The van der Waals surface area contributed by atoms with Crippen LogP contribution in [-0.2, 0) is 0 Å². The van der Waals surface area contributed by atoms with Crippen LogP contribution in [-0.4, -0.2) is 15.9 Å². The van der Waals surface area contributed by atoms with Gasteiger partial charge in [-0.3, -0.25) is 4.79 Å². The summed E-state index contributed by atoms with van der Waals surface area (Å²) in [6.07, 6.45) is 1.35. The minimum atomic E-state index is -0.632. The van der Waals surface area contributed by atoms with E-state index in [0.29, 0.717) is 5.82 Å². The summed E-state index contributed by atoms with van der Waals surface area (Å²) < 4.78 is 1.05. The fourth-order valence-corrected chi connectivity index (χ4v) is 2.03. The highest BCUT2D eigenvalue weighted by Crippen LogP contribution is 2.27. The molecule has 1 aromatic carbocycles. The lowest BCUT2D eigenvalue weighted by Crippen LogP contribution is -2.15. The van der Waals surface area contributed by atoms with Crippen LogP contribution in [0.5, 0.6) is 0 Å². The van der Waals surface area contributed by atoms with Crippen molar-refractivity contribution < 1.29 is 4.79 Å². The lowest BCUT2D eigenvalue weighted by atomic mass is 10.1. The van der Waals surface area contributed by atoms with Crippen molar-refractivity contribution in [3.05, 3.63) is 39.5 Å². The zero-order valence-electron chi connectivity index (χ0n) is 10.6. The second-order valence-corrected chi connectivity index (χ2v) is 5.07. The van der Waals surface area contributed by atoms with Crippen LogP contribution < -0.4 is 11.5 Å². The number of rotatable bonds is 2. The van der Waals surface area contributed by atoms with Crippen LogP contribution in [0.2, 0.25) is 0 Å². The Morgan fingerprint density at radius 3 is 2.32 bits per heavy atom. The van der Waals surface area contributed by atoms with Gasteiger partial charge < -0.3 is 11.5 Å². The van der Waals surface area contributed by atoms with E-state index in [-0.39, 0.29) is 11.4 Å². The number of primary amides is 1. The molecule has 0 aliphatic heterocycles. The average molecular weight is 321 g/mol. The van der Waals surface area contributed by atoms with Crippen LogP contribution in [0.1, 0.15) is 21.5 Å². The maximum absolute atomic E-state index is 11.1. The lowest BCUT2D eigenvalue weighted by molar-refractivity contribution is 0.100. The van der Waals surface area contributed by atoms with E-state index < -0.39 is 5.91 Å². The van der Waals surface area contributed by atoms with Crippen molar-refractivity contribution in [1.29, 1.82) is 0 Å². The third-order valence-electron chi connectivity index (χ3n) is 2.78. The summed E-state index contributed by atoms with van der Waals surface area (Å²) in [5.74, 6) is -0.0656. The van der Waals surface area contributed by atoms with Gasteiger partial charge >= 0.3 is 0 Å². The van der Waals surface area contributed by atoms with Gasteiger partial charge in [-0.15, -0.1) is 0 Å². The number of hydrogen-bond donors (Lipinski definition) is 2. The van der Waals surface area contributed by atoms with Crippen molar-refractivity contribution in [2.75, 3.05) is 5.73 Å². The van der Waals surface area contributed by atoms with Gasteiger partial charge in [-0.25, -0.2) is 9.97 Å². The SMILES string of the molecule is Cc1cc(-c2ncc(C(N)=O)c(N)n2)cc(C)c1Br. The van der Waals surface area contributed by atoms with E-state index in [4.69, 9.17) is 11.5 Å². The van der Waals surface area contributed by atoms with Gasteiger partial charge in [0.2, 0.25) is 0 Å². The van der Waals surface area contributed by atoms with Crippen molar-refractivity contribution in [1.82, 2.24) is 9.97 Å². The van der Waals surface area contributed by atoms with E-state index in [0.717, 1.165) is 21.2 Å². The highest BCUT2D eigenvalue weighted by molar-refractivity contribution is 9.10. The first-order valence-electron chi connectivity index (χ1n) is 5.59. The maximum Gasteiger partial charge on any atom is 0.254 e. The number of benzene rings is 1. The molecular formula is C13H13BrN4O. The Kier molecular flexibility index (Phi) is 3.53. The zero-order chi connectivity index (χ0) is 14.2. The Hall–Kier alpha value is -1.95. The van der Waals surface area contributed by atoms with Crippen LogP contribution >= 0.6 is 15.9 Å². The molecule has 0 saturated carbocycles. The minimum Gasteiger partial charge on any atom is -0.383 e. The van der Waals surface area contributed by atoms with E-state index in [2.05, 4.69) is 25.9 Å². The number of nitrogens with two attached hydrogens (primary N) is 2. The monoisotopic (exact) mass is 320 g/mol. The van der Waals surface area contributed by atoms with Crippen molar-refractivity contribution >= 4 is 27.7 Å². The number of carbonyl (C=O) groups excluding carboxylic acids is 1. The molecule has 2 aromatic rings. The predicted molar refractivity (Wildman–Crippen MR) is 77.6 cm³/mol. The predicted octanol–water partition coefficient (Wildman–Crippen LogP) is 2.20. The Labute approximate surface area is 119 Å². The Bertz CT molecular complexity index is 647. The van der Waals surface area contributed by atoms with E-state index in [1.54, 1.807) is 0 Å². The van der Waals surface area contributed by atoms with E-state index in [1.807, 2.05) is 26.0 Å². The van der Waals surface area contributed by atoms with Gasteiger partial charge in [0.25, 0.3) is 5.91 Å². The molecular weight excluding hydrogens is 308 g/mol. The summed E-state index contributed by atoms with van der Waals surface area (Å²) in [5, 5.41) is 0. The molecule has 0 spiro atoms. The quantitative estimate of drug-likeness (QED) is 0.886. The van der Waals surface area contributed by atoms with Crippen molar-refractivity contribution in [2.24, 2.45) is 5.73 Å². The van der Waals surface area contributed by atoms with Crippen LogP contribution in [0.25, 0.3) is 11.4 Å². The molecule has 2 rings (SSSR count). The zero-order valence-corrected chi connectivity index (χ0v) is 12.2. The number of aromatic nitrogens is 2. The normalized spacial score (nSPS) is 10.5. The molecule has 5 nitrogen and oxygen atoms in total. The van der Waals surface area contributed by atoms with Crippen LogP contribution in [0.3, 0.4) is 0 Å². The molecule has 98 valence electrons. The van der Waals surface area contributed by atoms with E-state index in [9.17, 15) is 4.79 Å². The van der Waals surface area contributed by atoms with Gasteiger partial charge in [0, 0.05) is 16.2 Å². The third-order valence-corrected chi connectivity index (χ3v) is 4.03. The van der Waals surface area contributed by atoms with Gasteiger partial charge in [-0.2, -0.15) is 0 Å². The molecule has 0 unspecified atom stereocenters. The standard InChI is InChI=1S/C13H13BrN4O/c1-6-3-8(4-7(2)10(6)14)13-17-5-9(12(16)19)11(15)18-13/h3-5H,1-2H3,(H2,16,19)(H2,15,17,18). The Balaban J connectivity index is 2.54. The third kappa shape index (κ3) is 2.58. The number of halogens is 1. The first-order valence-corrected chi connectivity index (χ1v) is 6.39. The van der Waals surface area contributed by atoms with Gasteiger partial charge in [0.15, 0.2) is 5.82 Å². The summed E-state index contributed by atoms with van der Waals surface area (Å²) in [6, 6.07) is 3.91. The highest BCUT2D eigenvalue weighted by atomic mass is 79.9. The Morgan fingerprint density at radius 2 is 1.84 bits per heavy atom. The molecule has 0 atom stereocenters. The molecule has 1 aromatic heterocycles. The topological polar surface area (TPSA) is 94.9 Å².